The molecule has 0 atom stereocenters. The molecule has 0 spiro atoms. The molecule has 136 valence electrons. The number of H-pyrrole nitrogens is 1. The molecular weight excluding hydrogens is 341 g/mol. The lowest BCUT2D eigenvalue weighted by Gasteiger charge is -2.32. The molecule has 1 aromatic carbocycles. The molecule has 0 bridgehead atoms. The zero-order valence-electron chi connectivity index (χ0n) is 14.2. The number of benzene rings is 1. The second kappa shape index (κ2) is 6.70. The van der Waals surface area contributed by atoms with Crippen molar-refractivity contribution in [1.82, 2.24) is 14.0 Å². The summed E-state index contributed by atoms with van der Waals surface area (Å²) >= 11 is 0. The third kappa shape index (κ3) is 3.45. The van der Waals surface area contributed by atoms with Crippen molar-refractivity contribution in [3.63, 3.8) is 0 Å². The van der Waals surface area contributed by atoms with E-state index in [1.165, 1.54) is 12.1 Å². The fourth-order valence-corrected chi connectivity index (χ4v) is 5.69. The Balaban J connectivity index is 1.43. The Morgan fingerprint density at radius 2 is 1.84 bits per heavy atom. The monoisotopic (exact) mass is 365 g/mol. The molecule has 0 amide bonds. The first-order valence-electron chi connectivity index (χ1n) is 9.07. The summed E-state index contributed by atoms with van der Waals surface area (Å²) in [4.78, 5) is 3.13. The minimum absolute atomic E-state index is 0.103. The molecule has 4 rings (SSSR count). The zero-order chi connectivity index (χ0) is 17.4. The van der Waals surface area contributed by atoms with Gasteiger partial charge in [0.15, 0.2) is 0 Å². The van der Waals surface area contributed by atoms with Gasteiger partial charge in [-0.05, 0) is 55.4 Å². The topological polar surface area (TPSA) is 65.2 Å². The predicted octanol–water partition coefficient (Wildman–Crippen LogP) is 3.26. The van der Waals surface area contributed by atoms with Crippen molar-refractivity contribution in [1.29, 1.82) is 0 Å². The van der Waals surface area contributed by atoms with Gasteiger partial charge in [0, 0.05) is 36.2 Å². The van der Waals surface area contributed by atoms with Gasteiger partial charge in [0.2, 0.25) is 0 Å². The summed E-state index contributed by atoms with van der Waals surface area (Å²) in [6.07, 6.45) is 7.62. The number of hydrogen-bond donors (Lipinski definition) is 2. The number of rotatable bonds is 4. The Labute approximate surface area is 147 Å². The fraction of sp³-hybridized carbons (Fsp3) is 0.556. The molecule has 1 aliphatic heterocycles. The third-order valence-corrected chi connectivity index (χ3v) is 7.26. The number of aromatic nitrogens is 1. The maximum absolute atomic E-state index is 13.3. The highest BCUT2D eigenvalue weighted by Gasteiger charge is 2.31. The molecule has 2 aromatic rings. The lowest BCUT2D eigenvalue weighted by molar-refractivity contribution is 0.314. The second-order valence-corrected chi connectivity index (χ2v) is 8.91. The van der Waals surface area contributed by atoms with E-state index in [-0.39, 0.29) is 11.9 Å². The van der Waals surface area contributed by atoms with E-state index in [2.05, 4.69) is 9.71 Å². The summed E-state index contributed by atoms with van der Waals surface area (Å²) in [7, 11) is -3.38. The van der Waals surface area contributed by atoms with Crippen LogP contribution in [0.1, 0.15) is 50.0 Å². The van der Waals surface area contributed by atoms with Crippen LogP contribution in [0.2, 0.25) is 0 Å². The quantitative estimate of drug-likeness (QED) is 0.873. The minimum Gasteiger partial charge on any atom is -0.361 e. The van der Waals surface area contributed by atoms with Crippen LogP contribution in [0.3, 0.4) is 0 Å². The number of nitrogens with one attached hydrogen (secondary N) is 2. The van der Waals surface area contributed by atoms with Crippen molar-refractivity contribution >= 4 is 21.1 Å². The van der Waals surface area contributed by atoms with Gasteiger partial charge in [-0.2, -0.15) is 17.4 Å². The highest BCUT2D eigenvalue weighted by atomic mass is 32.2. The Morgan fingerprint density at radius 1 is 1.12 bits per heavy atom. The lowest BCUT2D eigenvalue weighted by Crippen LogP contribution is -2.47. The van der Waals surface area contributed by atoms with E-state index in [1.54, 1.807) is 10.4 Å². The summed E-state index contributed by atoms with van der Waals surface area (Å²) in [5, 5.41) is 1.03. The first kappa shape index (κ1) is 17.0. The molecule has 25 heavy (non-hydrogen) atoms. The maximum atomic E-state index is 13.3. The Hall–Kier alpha value is -1.44. The van der Waals surface area contributed by atoms with Crippen LogP contribution >= 0.6 is 0 Å². The molecule has 2 aliphatic rings. The van der Waals surface area contributed by atoms with Gasteiger partial charge in [-0.15, -0.1) is 0 Å². The van der Waals surface area contributed by atoms with Crippen molar-refractivity contribution in [2.75, 3.05) is 13.1 Å². The van der Waals surface area contributed by atoms with Gasteiger partial charge in [-0.3, -0.25) is 0 Å². The first-order valence-corrected chi connectivity index (χ1v) is 10.5. The van der Waals surface area contributed by atoms with Crippen LogP contribution in [0.25, 0.3) is 10.9 Å². The zero-order valence-corrected chi connectivity index (χ0v) is 15.0. The van der Waals surface area contributed by atoms with Crippen molar-refractivity contribution in [2.24, 2.45) is 0 Å². The normalized spacial score (nSPS) is 21.3. The Kier molecular flexibility index (Phi) is 4.56. The smallest absolute Gasteiger partial charge is 0.279 e. The van der Waals surface area contributed by atoms with Crippen LogP contribution in [-0.2, 0) is 10.2 Å². The molecule has 5 nitrogen and oxygen atoms in total. The Bertz CT molecular complexity index is 850. The number of fused-ring (bicyclic) bond motifs is 1. The van der Waals surface area contributed by atoms with Crippen molar-refractivity contribution in [3.05, 3.63) is 35.8 Å². The van der Waals surface area contributed by atoms with E-state index in [1.807, 2.05) is 6.20 Å². The number of aromatic amines is 1. The average molecular weight is 365 g/mol. The summed E-state index contributed by atoms with van der Waals surface area (Å²) < 4.78 is 42.9. The molecule has 1 aliphatic carbocycles. The van der Waals surface area contributed by atoms with Gasteiger partial charge < -0.3 is 4.98 Å². The van der Waals surface area contributed by atoms with Crippen molar-refractivity contribution in [3.8, 4) is 0 Å². The molecule has 0 unspecified atom stereocenters. The van der Waals surface area contributed by atoms with Gasteiger partial charge >= 0.3 is 0 Å². The average Bonchev–Trinajstić information content (AvgIpc) is 3.23. The van der Waals surface area contributed by atoms with E-state index in [0.29, 0.717) is 19.0 Å². The first-order chi connectivity index (χ1) is 12.0. The van der Waals surface area contributed by atoms with Crippen LogP contribution in [0.4, 0.5) is 4.39 Å². The van der Waals surface area contributed by atoms with E-state index in [4.69, 9.17) is 0 Å². The number of hydrogen-bond acceptors (Lipinski definition) is 2. The second-order valence-electron chi connectivity index (χ2n) is 7.21. The van der Waals surface area contributed by atoms with Gasteiger partial charge in [0.1, 0.15) is 5.82 Å². The standard InChI is InChI=1S/C18H24FN3O2S/c19-14-5-6-16-17(12-20-18(16)11-14)13-7-9-22(10-8-13)25(23,24)21-15-3-1-2-4-15/h5-6,11-13,15,20-21H,1-4,7-10H2. The lowest BCUT2D eigenvalue weighted by atomic mass is 9.90. The van der Waals surface area contributed by atoms with Crippen molar-refractivity contribution < 1.29 is 12.8 Å². The van der Waals surface area contributed by atoms with E-state index in [9.17, 15) is 12.8 Å². The van der Waals surface area contributed by atoms with E-state index < -0.39 is 10.2 Å². The molecule has 1 saturated heterocycles. The fourth-order valence-electron chi connectivity index (χ4n) is 4.19. The van der Waals surface area contributed by atoms with Crippen LogP contribution in [0, 0.1) is 5.82 Å². The van der Waals surface area contributed by atoms with Gasteiger partial charge in [-0.1, -0.05) is 12.8 Å². The highest BCUT2D eigenvalue weighted by Crippen LogP contribution is 2.34. The van der Waals surface area contributed by atoms with Crippen LogP contribution in [-0.4, -0.2) is 36.8 Å². The summed E-state index contributed by atoms with van der Waals surface area (Å²) in [5.74, 6) is 0.0527. The van der Waals surface area contributed by atoms with Crippen molar-refractivity contribution in [2.45, 2.75) is 50.5 Å². The van der Waals surface area contributed by atoms with Crippen LogP contribution < -0.4 is 4.72 Å². The van der Waals surface area contributed by atoms with Crippen LogP contribution in [0.5, 0.6) is 0 Å². The number of halogens is 1. The highest BCUT2D eigenvalue weighted by molar-refractivity contribution is 7.87. The Morgan fingerprint density at radius 3 is 2.56 bits per heavy atom. The molecule has 2 N–H and O–H groups in total. The molecule has 1 saturated carbocycles. The maximum Gasteiger partial charge on any atom is 0.279 e. The van der Waals surface area contributed by atoms with E-state index >= 15 is 0 Å². The largest absolute Gasteiger partial charge is 0.361 e. The summed E-state index contributed by atoms with van der Waals surface area (Å²) in [6.45, 7) is 1.06. The summed E-state index contributed by atoms with van der Waals surface area (Å²) in [6, 6.07) is 4.89. The minimum atomic E-state index is -3.38. The molecule has 2 heterocycles. The van der Waals surface area contributed by atoms with Gasteiger partial charge in [0.25, 0.3) is 10.2 Å². The number of nitrogens with zero attached hydrogens (tertiary/aromatic N) is 1. The van der Waals surface area contributed by atoms with Crippen LogP contribution in [0.15, 0.2) is 24.4 Å². The molecular formula is C18H24FN3O2S. The number of piperidine rings is 1. The molecule has 0 radical (unpaired) electrons. The molecule has 7 heteroatoms. The third-order valence-electron chi connectivity index (χ3n) is 5.58. The van der Waals surface area contributed by atoms with Gasteiger partial charge in [0.05, 0.1) is 0 Å². The molecule has 1 aromatic heterocycles. The predicted molar refractivity (Wildman–Crippen MR) is 96.1 cm³/mol. The van der Waals surface area contributed by atoms with Gasteiger partial charge in [-0.25, -0.2) is 4.39 Å². The van der Waals surface area contributed by atoms with E-state index in [0.717, 1.165) is 55.0 Å². The summed E-state index contributed by atoms with van der Waals surface area (Å²) in [5.41, 5.74) is 1.96. The SMILES string of the molecule is O=S(=O)(NC1CCCC1)N1CCC(c2c[nH]c3cc(F)ccc23)CC1. The molecule has 2 fully saturated rings.